The number of aromatic amines is 1. The Hall–Kier alpha value is -1.75. The van der Waals surface area contributed by atoms with Crippen LogP contribution >= 0.6 is 0 Å². The molecule has 1 aromatic carbocycles. The van der Waals surface area contributed by atoms with Crippen LogP contribution in [0, 0.1) is 0 Å². The van der Waals surface area contributed by atoms with Crippen LogP contribution in [0.25, 0.3) is 11.0 Å². The van der Waals surface area contributed by atoms with Crippen molar-refractivity contribution in [2.75, 3.05) is 20.1 Å². The average molecular weight is 247 g/mol. The molecule has 0 spiro atoms. The van der Waals surface area contributed by atoms with Gasteiger partial charge in [0, 0.05) is 12.6 Å². The fraction of sp³-hybridized carbons (Fsp3) is 0.462. The van der Waals surface area contributed by atoms with Gasteiger partial charge in [0.15, 0.2) is 0 Å². The quantitative estimate of drug-likeness (QED) is 0.798. The number of piperidine rings is 1. The molecule has 2 N–H and O–H groups in total. The van der Waals surface area contributed by atoms with Crippen molar-refractivity contribution in [3.8, 4) is 5.75 Å². The Morgan fingerprint density at radius 1 is 1.44 bits per heavy atom. The molecule has 18 heavy (non-hydrogen) atoms. The summed E-state index contributed by atoms with van der Waals surface area (Å²) in [5.74, 6) is 0.194. The number of phenols is 1. The molecule has 5 nitrogen and oxygen atoms in total. The zero-order valence-electron chi connectivity index (χ0n) is 10.4. The molecule has 1 saturated heterocycles. The van der Waals surface area contributed by atoms with Gasteiger partial charge in [-0.2, -0.15) is 0 Å². The van der Waals surface area contributed by atoms with Gasteiger partial charge >= 0.3 is 5.69 Å². The molecule has 0 aliphatic carbocycles. The number of nitrogens with zero attached hydrogens (tertiary/aromatic N) is 2. The minimum atomic E-state index is -0.0871. The number of likely N-dealkylation sites (N-methyl/N-ethyl adjacent to an activating group) is 1. The number of aromatic hydroxyl groups is 1. The Bertz CT molecular complexity index is 629. The van der Waals surface area contributed by atoms with Crippen LogP contribution in [0.4, 0.5) is 0 Å². The van der Waals surface area contributed by atoms with E-state index in [0.717, 1.165) is 37.0 Å². The summed E-state index contributed by atoms with van der Waals surface area (Å²) in [7, 11) is 2.07. The largest absolute Gasteiger partial charge is 0.508 e. The van der Waals surface area contributed by atoms with Crippen LogP contribution in [0.3, 0.4) is 0 Å². The second-order valence-electron chi connectivity index (χ2n) is 5.06. The molecule has 0 amide bonds. The first-order chi connectivity index (χ1) is 8.65. The van der Waals surface area contributed by atoms with Crippen molar-refractivity contribution in [1.29, 1.82) is 0 Å². The standard InChI is InChI=1S/C13H17N3O2/c1-15-6-2-3-9(8-15)16-12-7-10(17)4-5-11(12)14-13(16)18/h4-5,7,9,17H,2-3,6,8H2,1H3,(H,14,18). The van der Waals surface area contributed by atoms with E-state index < -0.39 is 0 Å². The summed E-state index contributed by atoms with van der Waals surface area (Å²) in [5, 5.41) is 9.57. The summed E-state index contributed by atoms with van der Waals surface area (Å²) in [6.45, 7) is 1.96. The number of aromatic nitrogens is 2. The minimum Gasteiger partial charge on any atom is -0.508 e. The number of phenolic OH excluding ortho intramolecular Hbond substituents is 1. The van der Waals surface area contributed by atoms with Crippen molar-refractivity contribution in [2.45, 2.75) is 18.9 Å². The molecule has 1 atom stereocenters. The minimum absolute atomic E-state index is 0.0871. The molecule has 0 bridgehead atoms. The van der Waals surface area contributed by atoms with E-state index in [-0.39, 0.29) is 17.5 Å². The number of hydrogen-bond donors (Lipinski definition) is 2. The zero-order chi connectivity index (χ0) is 12.7. The van der Waals surface area contributed by atoms with Crippen molar-refractivity contribution in [3.05, 3.63) is 28.7 Å². The fourth-order valence-electron chi connectivity index (χ4n) is 2.82. The van der Waals surface area contributed by atoms with Gasteiger partial charge in [-0.05, 0) is 38.6 Å². The van der Waals surface area contributed by atoms with E-state index >= 15 is 0 Å². The highest BCUT2D eigenvalue weighted by atomic mass is 16.3. The molecule has 0 radical (unpaired) electrons. The molecular formula is C13H17N3O2. The highest BCUT2D eigenvalue weighted by molar-refractivity contribution is 5.77. The lowest BCUT2D eigenvalue weighted by atomic mass is 10.1. The van der Waals surface area contributed by atoms with Gasteiger partial charge in [0.2, 0.25) is 0 Å². The Labute approximate surface area is 105 Å². The van der Waals surface area contributed by atoms with Crippen molar-refractivity contribution < 1.29 is 5.11 Å². The SMILES string of the molecule is CN1CCCC(n2c(=O)[nH]c3ccc(O)cc32)C1. The van der Waals surface area contributed by atoms with Crippen molar-refractivity contribution >= 4 is 11.0 Å². The number of nitrogens with one attached hydrogen (secondary N) is 1. The van der Waals surface area contributed by atoms with Crippen molar-refractivity contribution in [2.24, 2.45) is 0 Å². The van der Waals surface area contributed by atoms with Crippen LogP contribution in [0.2, 0.25) is 0 Å². The van der Waals surface area contributed by atoms with E-state index in [1.165, 1.54) is 0 Å². The van der Waals surface area contributed by atoms with Gasteiger partial charge in [-0.25, -0.2) is 4.79 Å². The zero-order valence-corrected chi connectivity index (χ0v) is 10.4. The Morgan fingerprint density at radius 3 is 3.06 bits per heavy atom. The van der Waals surface area contributed by atoms with Crippen LogP contribution in [0.1, 0.15) is 18.9 Å². The molecule has 5 heteroatoms. The maximum atomic E-state index is 12.1. The number of likely N-dealkylation sites (tertiary alicyclic amines) is 1. The van der Waals surface area contributed by atoms with Gasteiger partial charge in [-0.1, -0.05) is 0 Å². The predicted octanol–water partition coefficient (Wildman–Crippen LogP) is 1.30. The van der Waals surface area contributed by atoms with E-state index in [0.29, 0.717) is 0 Å². The molecule has 1 fully saturated rings. The highest BCUT2D eigenvalue weighted by Gasteiger charge is 2.22. The van der Waals surface area contributed by atoms with Gasteiger partial charge in [0.1, 0.15) is 5.75 Å². The first-order valence-electron chi connectivity index (χ1n) is 6.27. The topological polar surface area (TPSA) is 61.3 Å². The number of benzene rings is 1. The highest BCUT2D eigenvalue weighted by Crippen LogP contribution is 2.25. The molecule has 1 aliphatic rings. The van der Waals surface area contributed by atoms with Crippen LogP contribution < -0.4 is 5.69 Å². The van der Waals surface area contributed by atoms with Crippen LogP contribution in [0.5, 0.6) is 5.75 Å². The maximum absolute atomic E-state index is 12.1. The van der Waals surface area contributed by atoms with Crippen molar-refractivity contribution in [3.63, 3.8) is 0 Å². The Kier molecular flexibility index (Phi) is 2.63. The number of rotatable bonds is 1. The third-order valence-electron chi connectivity index (χ3n) is 3.67. The first kappa shape index (κ1) is 11.3. The van der Waals surface area contributed by atoms with Gasteiger partial charge in [-0.3, -0.25) is 4.57 Å². The smallest absolute Gasteiger partial charge is 0.326 e. The van der Waals surface area contributed by atoms with Crippen LogP contribution in [-0.4, -0.2) is 39.7 Å². The van der Waals surface area contributed by atoms with Gasteiger partial charge in [-0.15, -0.1) is 0 Å². The van der Waals surface area contributed by atoms with E-state index in [1.807, 2.05) is 0 Å². The number of H-pyrrole nitrogens is 1. The summed E-state index contributed by atoms with van der Waals surface area (Å²) in [6, 6.07) is 5.18. The summed E-state index contributed by atoms with van der Waals surface area (Å²) in [4.78, 5) is 17.1. The van der Waals surface area contributed by atoms with E-state index in [2.05, 4.69) is 16.9 Å². The number of imidazole rings is 1. The summed E-state index contributed by atoms with van der Waals surface area (Å²) < 4.78 is 1.78. The molecule has 3 rings (SSSR count). The predicted molar refractivity (Wildman–Crippen MR) is 70.0 cm³/mol. The molecule has 2 aromatic rings. The Balaban J connectivity index is 2.12. The van der Waals surface area contributed by atoms with Gasteiger partial charge in [0.05, 0.1) is 17.1 Å². The van der Waals surface area contributed by atoms with Crippen LogP contribution in [0.15, 0.2) is 23.0 Å². The van der Waals surface area contributed by atoms with E-state index in [1.54, 1.807) is 22.8 Å². The third-order valence-corrected chi connectivity index (χ3v) is 3.67. The van der Waals surface area contributed by atoms with E-state index in [4.69, 9.17) is 0 Å². The summed E-state index contributed by atoms with van der Waals surface area (Å²) in [5.41, 5.74) is 1.49. The molecule has 1 unspecified atom stereocenters. The number of fused-ring (bicyclic) bond motifs is 1. The molecular weight excluding hydrogens is 230 g/mol. The molecule has 0 saturated carbocycles. The third kappa shape index (κ3) is 1.80. The van der Waals surface area contributed by atoms with Gasteiger partial charge < -0.3 is 15.0 Å². The van der Waals surface area contributed by atoms with Crippen LogP contribution in [-0.2, 0) is 0 Å². The Morgan fingerprint density at radius 2 is 2.28 bits per heavy atom. The maximum Gasteiger partial charge on any atom is 0.326 e. The fourth-order valence-corrected chi connectivity index (χ4v) is 2.82. The normalized spacial score (nSPS) is 21.5. The average Bonchev–Trinajstić information content (AvgIpc) is 2.64. The summed E-state index contributed by atoms with van der Waals surface area (Å²) >= 11 is 0. The van der Waals surface area contributed by atoms with E-state index in [9.17, 15) is 9.90 Å². The number of hydrogen-bond acceptors (Lipinski definition) is 3. The molecule has 1 aliphatic heterocycles. The summed E-state index contributed by atoms with van der Waals surface area (Å²) in [6.07, 6.45) is 2.10. The lowest BCUT2D eigenvalue weighted by molar-refractivity contribution is 0.212. The monoisotopic (exact) mass is 247 g/mol. The first-order valence-corrected chi connectivity index (χ1v) is 6.27. The second kappa shape index (κ2) is 4.17. The second-order valence-corrected chi connectivity index (χ2v) is 5.06. The van der Waals surface area contributed by atoms with Gasteiger partial charge in [0.25, 0.3) is 0 Å². The lowest BCUT2D eigenvalue weighted by Crippen LogP contribution is -2.36. The molecule has 2 heterocycles. The molecule has 1 aromatic heterocycles. The lowest BCUT2D eigenvalue weighted by Gasteiger charge is -2.30. The molecule has 96 valence electrons. The van der Waals surface area contributed by atoms with Crippen molar-refractivity contribution in [1.82, 2.24) is 14.5 Å².